The van der Waals surface area contributed by atoms with Crippen LogP contribution in [0.3, 0.4) is 0 Å². The Labute approximate surface area is 121 Å². The number of amides is 1. The zero-order valence-electron chi connectivity index (χ0n) is 10.9. The van der Waals surface area contributed by atoms with Gasteiger partial charge in [0.15, 0.2) is 0 Å². The Morgan fingerprint density at radius 3 is 2.95 bits per heavy atom. The Hall–Kier alpha value is -2.20. The van der Waals surface area contributed by atoms with Crippen molar-refractivity contribution >= 4 is 23.6 Å². The minimum atomic E-state index is -0.520. The molecule has 104 valence electrons. The first-order chi connectivity index (χ1) is 9.56. The first-order valence-electron chi connectivity index (χ1n) is 6.00. The number of hydrogen-bond donors (Lipinski definition) is 1. The zero-order valence-corrected chi connectivity index (χ0v) is 11.7. The van der Waals surface area contributed by atoms with Gasteiger partial charge in [0.2, 0.25) is 5.91 Å². The van der Waals surface area contributed by atoms with Crippen molar-refractivity contribution in [3.05, 3.63) is 58.5 Å². The maximum atomic E-state index is 10.6. The van der Waals surface area contributed by atoms with Crippen molar-refractivity contribution in [2.75, 3.05) is 0 Å². The fourth-order valence-electron chi connectivity index (χ4n) is 1.62. The summed E-state index contributed by atoms with van der Waals surface area (Å²) in [7, 11) is 0. The third-order valence-corrected chi connectivity index (χ3v) is 3.09. The molecule has 20 heavy (non-hydrogen) atoms. The Kier molecular flexibility index (Phi) is 4.48. The fourth-order valence-corrected chi connectivity index (χ4v) is 1.78. The normalized spacial score (nSPS) is 10.9. The smallest absolute Gasteiger partial charge is 0.241 e. The molecule has 4 nitrogen and oxygen atoms in total. The first kappa shape index (κ1) is 14.2. The number of halogens is 1. The quantitative estimate of drug-likeness (QED) is 0.859. The van der Waals surface area contributed by atoms with Gasteiger partial charge >= 0.3 is 0 Å². The number of furan rings is 1. The second kappa shape index (κ2) is 6.30. The molecule has 1 aromatic carbocycles. The van der Waals surface area contributed by atoms with Crippen LogP contribution in [0, 0.1) is 6.92 Å². The Balaban J connectivity index is 2.01. The van der Waals surface area contributed by atoms with Gasteiger partial charge in [-0.2, -0.15) is 0 Å². The molecule has 1 heterocycles. The third kappa shape index (κ3) is 3.65. The molecule has 0 aliphatic heterocycles. The van der Waals surface area contributed by atoms with Crippen LogP contribution in [0.1, 0.15) is 17.1 Å². The number of carbonyl (C=O) groups excluding carboxylic acids is 1. The fraction of sp³-hybridized carbons (Fsp3) is 0.133. The highest BCUT2D eigenvalue weighted by Crippen LogP contribution is 2.26. The maximum absolute atomic E-state index is 10.6. The molecule has 1 aromatic heterocycles. The molecule has 2 N–H and O–H groups in total. The van der Waals surface area contributed by atoms with Crippen LogP contribution in [0.15, 0.2) is 40.8 Å². The molecule has 0 fully saturated rings. The van der Waals surface area contributed by atoms with E-state index in [1.165, 1.54) is 12.2 Å². The maximum Gasteiger partial charge on any atom is 0.241 e. The van der Waals surface area contributed by atoms with E-state index in [2.05, 4.69) is 0 Å². The van der Waals surface area contributed by atoms with Crippen molar-refractivity contribution in [3.8, 4) is 5.75 Å². The second-order valence-corrected chi connectivity index (χ2v) is 4.60. The summed E-state index contributed by atoms with van der Waals surface area (Å²) < 4.78 is 11.1. The lowest BCUT2D eigenvalue weighted by atomic mass is 10.2. The largest absolute Gasteiger partial charge is 0.485 e. The highest BCUT2D eigenvalue weighted by Gasteiger charge is 2.05. The van der Waals surface area contributed by atoms with E-state index in [9.17, 15) is 4.79 Å². The molecule has 0 spiro atoms. The number of benzene rings is 1. The number of primary amides is 1. The Morgan fingerprint density at radius 2 is 2.20 bits per heavy atom. The highest BCUT2D eigenvalue weighted by molar-refractivity contribution is 6.31. The lowest BCUT2D eigenvalue weighted by Crippen LogP contribution is -2.04. The van der Waals surface area contributed by atoms with Crippen LogP contribution in [-0.2, 0) is 11.4 Å². The van der Waals surface area contributed by atoms with E-state index < -0.39 is 5.91 Å². The molecule has 0 aliphatic rings. The molecule has 5 heteroatoms. The molecule has 2 aromatic rings. The standard InChI is InChI=1S/C15H14ClNO3/c1-10-13(16)3-2-4-14(10)19-9-12-6-5-11(20-12)7-8-15(17)18/h2-8H,9H2,1H3,(H2,17,18)/b8-7+. The van der Waals surface area contributed by atoms with Crippen molar-refractivity contribution in [3.63, 3.8) is 0 Å². The summed E-state index contributed by atoms with van der Waals surface area (Å²) in [6, 6.07) is 9.00. The van der Waals surface area contributed by atoms with Gasteiger partial charge in [0, 0.05) is 16.7 Å². The van der Waals surface area contributed by atoms with Gasteiger partial charge < -0.3 is 14.9 Å². The molecule has 0 aliphatic carbocycles. The average molecular weight is 292 g/mol. The van der Waals surface area contributed by atoms with Gasteiger partial charge in [-0.15, -0.1) is 0 Å². The number of ether oxygens (including phenoxy) is 1. The van der Waals surface area contributed by atoms with Crippen LogP contribution in [-0.4, -0.2) is 5.91 Å². The van der Waals surface area contributed by atoms with Crippen molar-refractivity contribution in [2.45, 2.75) is 13.5 Å². The van der Waals surface area contributed by atoms with E-state index in [4.69, 9.17) is 26.5 Å². The van der Waals surface area contributed by atoms with Crippen molar-refractivity contribution in [1.29, 1.82) is 0 Å². The molecule has 1 amide bonds. The highest BCUT2D eigenvalue weighted by atomic mass is 35.5. The first-order valence-corrected chi connectivity index (χ1v) is 6.38. The van der Waals surface area contributed by atoms with Gasteiger partial charge in [0.1, 0.15) is 23.9 Å². The van der Waals surface area contributed by atoms with E-state index in [0.29, 0.717) is 22.3 Å². The Bertz CT molecular complexity index is 646. The predicted octanol–water partition coefficient (Wildman–Crippen LogP) is 3.32. The van der Waals surface area contributed by atoms with E-state index in [0.717, 1.165) is 5.56 Å². The summed E-state index contributed by atoms with van der Waals surface area (Å²) in [5.41, 5.74) is 5.89. The van der Waals surface area contributed by atoms with E-state index in [1.54, 1.807) is 12.1 Å². The summed E-state index contributed by atoms with van der Waals surface area (Å²) in [6.45, 7) is 2.17. The third-order valence-electron chi connectivity index (χ3n) is 2.68. The molecule has 0 saturated heterocycles. The van der Waals surface area contributed by atoms with Crippen molar-refractivity contribution in [2.24, 2.45) is 5.73 Å². The molecular weight excluding hydrogens is 278 g/mol. The molecular formula is C15H14ClNO3. The topological polar surface area (TPSA) is 65.5 Å². The number of carbonyl (C=O) groups is 1. The number of hydrogen-bond acceptors (Lipinski definition) is 3. The molecule has 0 atom stereocenters. The monoisotopic (exact) mass is 291 g/mol. The van der Waals surface area contributed by atoms with Crippen LogP contribution in [0.2, 0.25) is 5.02 Å². The van der Waals surface area contributed by atoms with Gasteiger partial charge in [0.25, 0.3) is 0 Å². The van der Waals surface area contributed by atoms with Gasteiger partial charge in [-0.05, 0) is 37.3 Å². The predicted molar refractivity (Wildman–Crippen MR) is 77.5 cm³/mol. The van der Waals surface area contributed by atoms with Crippen molar-refractivity contribution < 1.29 is 13.9 Å². The SMILES string of the molecule is Cc1c(Cl)cccc1OCc1ccc(/C=C/C(N)=O)o1. The number of rotatable bonds is 5. The van der Waals surface area contributed by atoms with Crippen LogP contribution >= 0.6 is 11.6 Å². The van der Waals surface area contributed by atoms with Crippen molar-refractivity contribution in [1.82, 2.24) is 0 Å². The summed E-state index contributed by atoms with van der Waals surface area (Å²) >= 11 is 6.01. The second-order valence-electron chi connectivity index (χ2n) is 4.19. The summed E-state index contributed by atoms with van der Waals surface area (Å²) in [5.74, 6) is 1.38. The summed E-state index contributed by atoms with van der Waals surface area (Å²) in [6.07, 6.45) is 2.75. The summed E-state index contributed by atoms with van der Waals surface area (Å²) in [4.78, 5) is 10.6. The molecule has 2 rings (SSSR count). The minimum absolute atomic E-state index is 0.283. The van der Waals surface area contributed by atoms with E-state index in [1.807, 2.05) is 25.1 Å². The van der Waals surface area contributed by atoms with E-state index in [-0.39, 0.29) is 6.61 Å². The Morgan fingerprint density at radius 1 is 1.40 bits per heavy atom. The lowest BCUT2D eigenvalue weighted by Gasteiger charge is -2.08. The van der Waals surface area contributed by atoms with Gasteiger partial charge in [-0.1, -0.05) is 17.7 Å². The number of nitrogens with two attached hydrogens (primary N) is 1. The van der Waals surface area contributed by atoms with Crippen LogP contribution in [0.5, 0.6) is 5.75 Å². The van der Waals surface area contributed by atoms with E-state index >= 15 is 0 Å². The molecule has 0 radical (unpaired) electrons. The van der Waals surface area contributed by atoms with Crippen LogP contribution in [0.25, 0.3) is 6.08 Å². The van der Waals surface area contributed by atoms with Crippen LogP contribution in [0.4, 0.5) is 0 Å². The lowest BCUT2D eigenvalue weighted by molar-refractivity contribution is -0.113. The average Bonchev–Trinajstić information content (AvgIpc) is 2.86. The van der Waals surface area contributed by atoms with Gasteiger partial charge in [-0.25, -0.2) is 0 Å². The van der Waals surface area contributed by atoms with Crippen LogP contribution < -0.4 is 10.5 Å². The molecule has 0 unspecified atom stereocenters. The molecule has 0 bridgehead atoms. The zero-order chi connectivity index (χ0) is 14.5. The summed E-state index contributed by atoms with van der Waals surface area (Å²) in [5, 5.41) is 0.659. The molecule has 0 saturated carbocycles. The van der Waals surface area contributed by atoms with Gasteiger partial charge in [0.05, 0.1) is 0 Å². The van der Waals surface area contributed by atoms with Gasteiger partial charge in [-0.3, -0.25) is 4.79 Å². The minimum Gasteiger partial charge on any atom is -0.485 e.